The standard InChI is InChI=1S/C11H18F3NO2S/c12-11(13,14)8-2-1-3-9(6-8)15-10-4-5-18(16,17)7-10/h8-10,15H,1-7H2. The predicted molar refractivity (Wildman–Crippen MR) is 62.0 cm³/mol. The van der Waals surface area contributed by atoms with E-state index in [1.807, 2.05) is 0 Å². The topological polar surface area (TPSA) is 46.2 Å². The van der Waals surface area contributed by atoms with Crippen LogP contribution in [0.2, 0.25) is 0 Å². The molecule has 2 rings (SSSR count). The van der Waals surface area contributed by atoms with Crippen LogP contribution in [0.15, 0.2) is 0 Å². The molecule has 7 heteroatoms. The van der Waals surface area contributed by atoms with Gasteiger partial charge in [-0.05, 0) is 25.7 Å². The van der Waals surface area contributed by atoms with E-state index in [-0.39, 0.29) is 36.4 Å². The van der Waals surface area contributed by atoms with Crippen molar-refractivity contribution in [1.82, 2.24) is 5.32 Å². The molecule has 106 valence electrons. The molecule has 2 fully saturated rings. The van der Waals surface area contributed by atoms with Crippen LogP contribution in [-0.4, -0.2) is 38.2 Å². The molecule has 0 radical (unpaired) electrons. The monoisotopic (exact) mass is 285 g/mol. The first kappa shape index (κ1) is 14.1. The van der Waals surface area contributed by atoms with Gasteiger partial charge >= 0.3 is 6.18 Å². The lowest BCUT2D eigenvalue weighted by Crippen LogP contribution is -2.44. The van der Waals surface area contributed by atoms with E-state index < -0.39 is 21.9 Å². The smallest absolute Gasteiger partial charge is 0.310 e. The minimum Gasteiger partial charge on any atom is -0.310 e. The Bertz CT molecular complexity index is 394. The summed E-state index contributed by atoms with van der Waals surface area (Å²) in [5.74, 6) is -1.01. The SMILES string of the molecule is O=S1(=O)CCC(NC2CCCC(C(F)(F)F)C2)C1. The van der Waals surface area contributed by atoms with E-state index in [2.05, 4.69) is 5.32 Å². The summed E-state index contributed by atoms with van der Waals surface area (Å²) < 4.78 is 60.5. The van der Waals surface area contributed by atoms with Gasteiger partial charge in [-0.2, -0.15) is 13.2 Å². The van der Waals surface area contributed by atoms with Gasteiger partial charge < -0.3 is 5.32 Å². The van der Waals surface area contributed by atoms with Gasteiger partial charge in [-0.25, -0.2) is 8.42 Å². The highest BCUT2D eigenvalue weighted by molar-refractivity contribution is 7.91. The molecule has 1 aliphatic carbocycles. The third-order valence-corrected chi connectivity index (χ3v) is 5.61. The van der Waals surface area contributed by atoms with Crippen molar-refractivity contribution in [3.8, 4) is 0 Å². The Kier molecular flexibility index (Phi) is 3.92. The minimum atomic E-state index is -4.12. The molecule has 1 saturated heterocycles. The maximum Gasteiger partial charge on any atom is 0.391 e. The normalized spacial score (nSPS) is 36.7. The second-order valence-electron chi connectivity index (χ2n) is 5.37. The zero-order valence-corrected chi connectivity index (χ0v) is 10.9. The van der Waals surface area contributed by atoms with Gasteiger partial charge in [-0.3, -0.25) is 0 Å². The van der Waals surface area contributed by atoms with Gasteiger partial charge in [0.15, 0.2) is 9.84 Å². The average molecular weight is 285 g/mol. The lowest BCUT2D eigenvalue weighted by Gasteiger charge is -2.32. The molecule has 1 saturated carbocycles. The summed E-state index contributed by atoms with van der Waals surface area (Å²) in [6.07, 6.45) is -2.05. The van der Waals surface area contributed by atoms with Crippen LogP contribution in [0, 0.1) is 5.92 Å². The maximum absolute atomic E-state index is 12.6. The van der Waals surface area contributed by atoms with Gasteiger partial charge in [-0.1, -0.05) is 6.42 Å². The Hall–Kier alpha value is -0.300. The number of hydrogen-bond donors (Lipinski definition) is 1. The van der Waals surface area contributed by atoms with Crippen molar-refractivity contribution in [2.45, 2.75) is 50.4 Å². The van der Waals surface area contributed by atoms with E-state index in [0.29, 0.717) is 19.3 Å². The first-order valence-electron chi connectivity index (χ1n) is 6.29. The lowest BCUT2D eigenvalue weighted by molar-refractivity contribution is -0.183. The molecule has 18 heavy (non-hydrogen) atoms. The van der Waals surface area contributed by atoms with Crippen LogP contribution < -0.4 is 5.32 Å². The second-order valence-corrected chi connectivity index (χ2v) is 7.60. The van der Waals surface area contributed by atoms with Crippen LogP contribution in [0.25, 0.3) is 0 Å². The molecule has 3 unspecified atom stereocenters. The summed E-state index contributed by atoms with van der Waals surface area (Å²) in [7, 11) is -2.97. The molecule has 1 aliphatic heterocycles. The zero-order chi connectivity index (χ0) is 13.4. The van der Waals surface area contributed by atoms with Crippen LogP contribution in [0.3, 0.4) is 0 Å². The van der Waals surface area contributed by atoms with Gasteiger partial charge in [0.25, 0.3) is 0 Å². The van der Waals surface area contributed by atoms with E-state index in [1.54, 1.807) is 0 Å². The van der Waals surface area contributed by atoms with Crippen LogP contribution in [-0.2, 0) is 9.84 Å². The number of hydrogen-bond acceptors (Lipinski definition) is 3. The summed E-state index contributed by atoms with van der Waals surface area (Å²) in [6.45, 7) is 0. The third-order valence-electron chi connectivity index (χ3n) is 3.84. The molecule has 3 atom stereocenters. The molecule has 1 N–H and O–H groups in total. The minimum absolute atomic E-state index is 0.0696. The molecule has 0 spiro atoms. The van der Waals surface area contributed by atoms with Gasteiger partial charge in [0.2, 0.25) is 0 Å². The number of alkyl halides is 3. The molecule has 0 aromatic heterocycles. The molecule has 0 aromatic carbocycles. The van der Waals surface area contributed by atoms with E-state index in [0.717, 1.165) is 0 Å². The average Bonchev–Trinajstić information content (AvgIpc) is 2.57. The van der Waals surface area contributed by atoms with Crippen molar-refractivity contribution < 1.29 is 21.6 Å². The van der Waals surface area contributed by atoms with Gasteiger partial charge in [0, 0.05) is 12.1 Å². The van der Waals surface area contributed by atoms with Crippen molar-refractivity contribution in [3.63, 3.8) is 0 Å². The van der Waals surface area contributed by atoms with Crippen molar-refractivity contribution in [2.75, 3.05) is 11.5 Å². The van der Waals surface area contributed by atoms with Crippen molar-refractivity contribution in [2.24, 2.45) is 5.92 Å². The number of rotatable bonds is 2. The summed E-state index contributed by atoms with van der Waals surface area (Å²) in [5.41, 5.74) is 0. The Morgan fingerprint density at radius 1 is 1.06 bits per heavy atom. The first-order valence-corrected chi connectivity index (χ1v) is 8.11. The molecule has 0 amide bonds. The first-order chi connectivity index (χ1) is 8.26. The third kappa shape index (κ3) is 3.60. The number of sulfone groups is 1. The van der Waals surface area contributed by atoms with E-state index >= 15 is 0 Å². The Morgan fingerprint density at radius 3 is 2.33 bits per heavy atom. The van der Waals surface area contributed by atoms with Crippen molar-refractivity contribution in [1.29, 1.82) is 0 Å². The molecule has 0 bridgehead atoms. The van der Waals surface area contributed by atoms with E-state index in [4.69, 9.17) is 0 Å². The van der Waals surface area contributed by atoms with Gasteiger partial charge in [0.1, 0.15) is 0 Å². The highest BCUT2D eigenvalue weighted by Gasteiger charge is 2.42. The molecule has 3 nitrogen and oxygen atoms in total. The molecular weight excluding hydrogens is 267 g/mol. The van der Waals surface area contributed by atoms with Crippen molar-refractivity contribution >= 4 is 9.84 Å². The quantitative estimate of drug-likeness (QED) is 0.842. The Labute approximate surface area is 105 Å². The fraction of sp³-hybridized carbons (Fsp3) is 1.00. The van der Waals surface area contributed by atoms with Crippen LogP contribution in [0.4, 0.5) is 13.2 Å². The Morgan fingerprint density at radius 2 is 1.78 bits per heavy atom. The highest BCUT2D eigenvalue weighted by Crippen LogP contribution is 2.37. The summed E-state index contributed by atoms with van der Waals surface area (Å²) in [5, 5.41) is 3.10. The predicted octanol–water partition coefficient (Wildman–Crippen LogP) is 1.88. The van der Waals surface area contributed by atoms with Gasteiger partial charge in [-0.15, -0.1) is 0 Å². The van der Waals surface area contributed by atoms with Gasteiger partial charge in [0.05, 0.1) is 17.4 Å². The fourth-order valence-corrected chi connectivity index (χ4v) is 4.58. The lowest BCUT2D eigenvalue weighted by atomic mass is 9.85. The second kappa shape index (κ2) is 5.00. The van der Waals surface area contributed by atoms with E-state index in [1.165, 1.54) is 0 Å². The highest BCUT2D eigenvalue weighted by atomic mass is 32.2. The summed E-state index contributed by atoms with van der Waals surface area (Å²) in [4.78, 5) is 0. The molecule has 1 heterocycles. The molecule has 2 aliphatic rings. The molecular formula is C11H18F3NO2S. The Balaban J connectivity index is 1.87. The van der Waals surface area contributed by atoms with Crippen LogP contribution in [0.5, 0.6) is 0 Å². The maximum atomic E-state index is 12.6. The van der Waals surface area contributed by atoms with E-state index in [9.17, 15) is 21.6 Å². The molecule has 0 aromatic rings. The number of nitrogens with one attached hydrogen (secondary N) is 1. The largest absolute Gasteiger partial charge is 0.391 e. The van der Waals surface area contributed by atoms with Crippen LogP contribution in [0.1, 0.15) is 32.1 Å². The number of halogens is 3. The van der Waals surface area contributed by atoms with Crippen molar-refractivity contribution in [3.05, 3.63) is 0 Å². The summed E-state index contributed by atoms with van der Waals surface area (Å²) in [6, 6.07) is -0.351. The summed E-state index contributed by atoms with van der Waals surface area (Å²) >= 11 is 0. The zero-order valence-electron chi connectivity index (χ0n) is 10.0. The van der Waals surface area contributed by atoms with Crippen LogP contribution >= 0.6 is 0 Å². The fourth-order valence-electron chi connectivity index (χ4n) is 2.90.